The Morgan fingerprint density at radius 3 is 2.00 bits per heavy atom. The molecule has 1 heterocycles. The first-order chi connectivity index (χ1) is 15.5. The number of carboxylic acids is 1. The molecule has 1 aromatic heterocycles. The average molecular weight is 502 g/mol. The fraction of sp³-hybridized carbons (Fsp3) is 0.333. The molecule has 8 heteroatoms. The van der Waals surface area contributed by atoms with Gasteiger partial charge in [0, 0.05) is 0 Å². The van der Waals surface area contributed by atoms with Crippen LogP contribution in [0.25, 0.3) is 0 Å². The van der Waals surface area contributed by atoms with Crippen LogP contribution >= 0.6 is 0 Å². The van der Waals surface area contributed by atoms with Gasteiger partial charge in [-0.25, -0.2) is 0 Å². The van der Waals surface area contributed by atoms with Crippen LogP contribution < -0.4 is 0 Å². The van der Waals surface area contributed by atoms with Crippen molar-refractivity contribution in [2.45, 2.75) is 39.1 Å². The molecule has 170 valence electrons. The van der Waals surface area contributed by atoms with E-state index < -0.39 is 12.0 Å². The maximum atomic E-state index is 11.8. The van der Waals surface area contributed by atoms with Crippen molar-refractivity contribution in [3.05, 3.63) is 88.0 Å². The van der Waals surface area contributed by atoms with Crippen LogP contribution in [0.4, 0.5) is 0 Å². The molecule has 0 saturated heterocycles. The second-order valence-electron chi connectivity index (χ2n) is 7.75. The number of nitrogens with zero attached hydrogens (tertiary/aromatic N) is 3. The molecule has 0 aliphatic carbocycles. The Hall–Kier alpha value is -2.48. The van der Waals surface area contributed by atoms with Gasteiger partial charge in [-0.2, -0.15) is 0 Å². The summed E-state index contributed by atoms with van der Waals surface area (Å²) in [7, 11) is 3.54. The average Bonchev–Trinajstić information content (AvgIpc) is 3.07. The number of hydrogen-bond donors (Lipinski definition) is 1. The van der Waals surface area contributed by atoms with E-state index in [1.54, 1.807) is 19.0 Å². The van der Waals surface area contributed by atoms with Crippen LogP contribution in [0.15, 0.2) is 66.9 Å². The van der Waals surface area contributed by atoms with Gasteiger partial charge in [-0.3, -0.25) is 0 Å². The van der Waals surface area contributed by atoms with Crippen molar-refractivity contribution in [1.82, 2.24) is 14.0 Å². The third-order valence-corrected chi connectivity index (χ3v) is 6.07. The topological polar surface area (TPSA) is 68.9 Å². The van der Waals surface area contributed by atoms with Crippen molar-refractivity contribution in [1.29, 1.82) is 0 Å². The number of imidazole rings is 1. The number of likely N-dealkylation sites (N-methyl/N-ethyl adjacent to an activating group) is 1. The molecule has 0 aliphatic rings. The zero-order valence-electron chi connectivity index (χ0n) is 18.4. The van der Waals surface area contributed by atoms with Crippen molar-refractivity contribution in [2.24, 2.45) is 0 Å². The number of hydrogen-bond acceptors (Lipinski definition) is 4. The van der Waals surface area contributed by atoms with Gasteiger partial charge < -0.3 is 0 Å². The summed E-state index contributed by atoms with van der Waals surface area (Å²) in [6.45, 7) is 1.61. The van der Waals surface area contributed by atoms with Crippen LogP contribution in [0.5, 0.6) is 0 Å². The number of aliphatic carboxylic acids is 1. The molecule has 0 amide bonds. The summed E-state index contributed by atoms with van der Waals surface area (Å²) in [4.78, 5) is 13.5. The Bertz CT molecular complexity index is 1050. The van der Waals surface area contributed by atoms with Gasteiger partial charge in [0.15, 0.2) is 0 Å². The molecule has 3 rings (SSSR count). The fourth-order valence-corrected chi connectivity index (χ4v) is 3.91. The molecule has 0 saturated carbocycles. The molecule has 0 aliphatic heterocycles. The Labute approximate surface area is 196 Å². The molecule has 0 bridgehead atoms. The molecule has 3 aromatic rings. The van der Waals surface area contributed by atoms with Crippen molar-refractivity contribution >= 4 is 21.5 Å². The third-order valence-electron chi connectivity index (χ3n) is 5.11. The van der Waals surface area contributed by atoms with E-state index in [1.165, 1.54) is 0 Å². The van der Waals surface area contributed by atoms with E-state index in [4.69, 9.17) is 9.47 Å². The Morgan fingerprint density at radius 2 is 1.50 bits per heavy atom. The summed E-state index contributed by atoms with van der Waals surface area (Å²) >= 11 is 3.09. The molecule has 1 unspecified atom stereocenters. The van der Waals surface area contributed by atoms with Gasteiger partial charge in [0.1, 0.15) is 0 Å². The van der Waals surface area contributed by atoms with Crippen LogP contribution in [-0.4, -0.2) is 60.8 Å². The first-order valence-electron chi connectivity index (χ1n) is 10.4. The van der Waals surface area contributed by atoms with E-state index in [2.05, 4.69) is 15.6 Å². The molecule has 1 N–H and O–H groups in total. The first kappa shape index (κ1) is 24.2. The zero-order chi connectivity index (χ0) is 22.9. The van der Waals surface area contributed by atoms with Crippen LogP contribution in [0.1, 0.15) is 16.8 Å². The molecular weight excluding hydrogens is 473 g/mol. The summed E-state index contributed by atoms with van der Waals surface area (Å²) in [6.07, 6.45) is 2.28. The summed E-state index contributed by atoms with van der Waals surface area (Å²) in [5.41, 5.74) is 3.04. The monoisotopic (exact) mass is 503 g/mol. The van der Waals surface area contributed by atoms with Crippen molar-refractivity contribution in [3.8, 4) is 0 Å². The summed E-state index contributed by atoms with van der Waals surface area (Å²) in [5.74, 6) is -0.860. The van der Waals surface area contributed by atoms with Crippen LogP contribution in [0, 0.1) is 4.32 Å². The SMILES string of the molecule is CN(C)C(Cc1cn(COCc2ccccc2)c(=[Se])n1COCc1ccccc1)C(=O)O. The molecule has 0 fully saturated rings. The fourth-order valence-electron chi connectivity index (χ4n) is 3.33. The second-order valence-corrected chi connectivity index (χ2v) is 8.52. The van der Waals surface area contributed by atoms with E-state index >= 15 is 0 Å². The Kier molecular flexibility index (Phi) is 9.02. The van der Waals surface area contributed by atoms with E-state index in [1.807, 2.05) is 76.0 Å². The quantitative estimate of drug-likeness (QED) is 0.386. The summed E-state index contributed by atoms with van der Waals surface area (Å²) in [5, 5.41) is 9.64. The van der Waals surface area contributed by atoms with Gasteiger partial charge in [0.05, 0.1) is 0 Å². The standard InChI is InChI=1S/C24H29N3O4Se/c1-25(2)22(23(28)29)13-21-14-26(17-30-15-19-9-5-3-6-10-19)24(32)27(21)18-31-16-20-11-7-4-8-12-20/h3-12,14,22H,13,15-18H2,1-2H3,(H,28,29). The normalized spacial score (nSPS) is 12.2. The number of carbonyl (C=O) groups is 1. The first-order valence-corrected chi connectivity index (χ1v) is 11.2. The minimum atomic E-state index is -0.860. The summed E-state index contributed by atoms with van der Waals surface area (Å²) < 4.78 is 16.6. The van der Waals surface area contributed by atoms with Crippen LogP contribution in [0.2, 0.25) is 0 Å². The summed E-state index contributed by atoms with van der Waals surface area (Å²) in [6, 6.07) is 19.3. The van der Waals surface area contributed by atoms with Crippen LogP contribution in [-0.2, 0) is 47.4 Å². The second kappa shape index (κ2) is 11.9. The minimum absolute atomic E-state index is 0.304. The number of carboxylic acid groups (broad SMARTS) is 1. The molecule has 2 aromatic carbocycles. The van der Waals surface area contributed by atoms with Gasteiger partial charge in [0.25, 0.3) is 0 Å². The van der Waals surface area contributed by atoms with Crippen molar-refractivity contribution < 1.29 is 19.4 Å². The van der Waals surface area contributed by atoms with Crippen molar-refractivity contribution in [3.63, 3.8) is 0 Å². The van der Waals surface area contributed by atoms with E-state index in [-0.39, 0.29) is 0 Å². The Balaban J connectivity index is 1.74. The predicted octanol–water partition coefficient (Wildman–Crippen LogP) is 2.90. The Morgan fingerprint density at radius 1 is 0.969 bits per heavy atom. The van der Waals surface area contributed by atoms with Gasteiger partial charge in [-0.05, 0) is 0 Å². The number of rotatable bonds is 12. The van der Waals surface area contributed by atoms with Gasteiger partial charge in [-0.1, -0.05) is 0 Å². The van der Waals surface area contributed by atoms with Gasteiger partial charge in [0.2, 0.25) is 0 Å². The molecule has 7 nitrogen and oxygen atoms in total. The van der Waals surface area contributed by atoms with Crippen molar-refractivity contribution in [2.75, 3.05) is 14.1 Å². The molecular formula is C24H29N3O4Se. The van der Waals surface area contributed by atoms with Gasteiger partial charge in [-0.15, -0.1) is 0 Å². The van der Waals surface area contributed by atoms with E-state index in [0.29, 0.717) is 33.1 Å². The molecule has 1 atom stereocenters. The predicted molar refractivity (Wildman–Crippen MR) is 123 cm³/mol. The van der Waals surface area contributed by atoms with Gasteiger partial charge >= 0.3 is 196 Å². The number of ether oxygens (including phenoxy) is 2. The third kappa shape index (κ3) is 6.76. The molecule has 0 radical (unpaired) electrons. The van der Waals surface area contributed by atoms with E-state index in [0.717, 1.165) is 21.1 Å². The number of aromatic nitrogens is 2. The van der Waals surface area contributed by atoms with Crippen LogP contribution in [0.3, 0.4) is 0 Å². The van der Waals surface area contributed by atoms with E-state index in [9.17, 15) is 9.90 Å². The maximum absolute atomic E-state index is 11.8. The number of benzene rings is 2. The zero-order valence-corrected chi connectivity index (χ0v) is 20.1. The molecule has 0 spiro atoms. The molecule has 32 heavy (non-hydrogen) atoms.